The number of aromatic nitrogens is 2. The van der Waals surface area contributed by atoms with Gasteiger partial charge in [-0.2, -0.15) is 0 Å². The molecular weight excluding hydrogens is 666 g/mol. The number of ether oxygens (including phenoxy) is 3. The highest BCUT2D eigenvalue weighted by Gasteiger charge is 2.49. The summed E-state index contributed by atoms with van der Waals surface area (Å²) in [5, 5.41) is 20.8. The number of benzene rings is 3. The molecule has 0 bridgehead atoms. The Kier molecular flexibility index (Phi) is 9.07. The van der Waals surface area contributed by atoms with Gasteiger partial charge in [0.1, 0.15) is 5.76 Å². The van der Waals surface area contributed by atoms with Gasteiger partial charge in [0.2, 0.25) is 10.9 Å². The molecule has 3 aromatic carbocycles. The summed E-state index contributed by atoms with van der Waals surface area (Å²) in [5.74, 6) is -0.466. The minimum Gasteiger partial charge on any atom is -0.507 e. The number of anilines is 1. The van der Waals surface area contributed by atoms with Crippen molar-refractivity contribution in [3.8, 4) is 17.2 Å². The Morgan fingerprint density at radius 3 is 2.24 bits per heavy atom. The average Bonchev–Trinajstić information content (AvgIpc) is 3.57. The molecule has 1 unspecified atom stereocenters. The lowest BCUT2D eigenvalue weighted by molar-refractivity contribution is -0.132. The van der Waals surface area contributed by atoms with Gasteiger partial charge in [0.05, 0.1) is 32.9 Å². The Morgan fingerprint density at radius 1 is 1.00 bits per heavy atom. The van der Waals surface area contributed by atoms with Crippen molar-refractivity contribution < 1.29 is 28.9 Å². The van der Waals surface area contributed by atoms with Crippen molar-refractivity contribution in [3.05, 3.63) is 92.4 Å². The van der Waals surface area contributed by atoms with Gasteiger partial charge in [-0.25, -0.2) is 0 Å². The summed E-state index contributed by atoms with van der Waals surface area (Å²) in [7, 11) is 4.41. The molecule has 0 aliphatic carbocycles. The predicted molar refractivity (Wildman–Crippen MR) is 166 cm³/mol. The zero-order chi connectivity index (χ0) is 30.0. The van der Waals surface area contributed by atoms with Crippen molar-refractivity contribution in [2.24, 2.45) is 0 Å². The lowest BCUT2D eigenvalue weighted by atomic mass is 9.95. The van der Waals surface area contributed by atoms with Crippen molar-refractivity contribution in [2.45, 2.75) is 16.1 Å². The van der Waals surface area contributed by atoms with Crippen LogP contribution in [0.15, 0.2) is 75.0 Å². The number of aliphatic hydroxyl groups excluding tert-OH is 1. The van der Waals surface area contributed by atoms with E-state index in [2.05, 4.69) is 26.1 Å². The molecule has 13 heteroatoms. The largest absolute Gasteiger partial charge is 0.507 e. The molecule has 0 spiro atoms. The Labute approximate surface area is 263 Å². The molecule has 1 atom stereocenters. The first-order chi connectivity index (χ1) is 20.2. The van der Waals surface area contributed by atoms with Crippen molar-refractivity contribution in [1.29, 1.82) is 0 Å². The maximum absolute atomic E-state index is 13.6. The second-order valence-electron chi connectivity index (χ2n) is 8.90. The molecule has 1 aliphatic rings. The van der Waals surface area contributed by atoms with Gasteiger partial charge in [-0.1, -0.05) is 74.9 Å². The van der Waals surface area contributed by atoms with Crippen molar-refractivity contribution in [1.82, 2.24) is 10.2 Å². The van der Waals surface area contributed by atoms with Crippen LogP contribution >= 0.6 is 50.6 Å². The lowest BCUT2D eigenvalue weighted by Crippen LogP contribution is -2.29. The number of Topliss-reactive ketones (excluding diaryl/α,β-unsaturated/α-hetero) is 1. The topological polar surface area (TPSA) is 111 Å². The van der Waals surface area contributed by atoms with Gasteiger partial charge in [0.15, 0.2) is 15.8 Å². The van der Waals surface area contributed by atoms with Crippen LogP contribution in [0, 0.1) is 0 Å². The highest BCUT2D eigenvalue weighted by molar-refractivity contribution is 9.10. The van der Waals surface area contributed by atoms with E-state index in [1.54, 1.807) is 36.4 Å². The van der Waals surface area contributed by atoms with E-state index < -0.39 is 17.7 Å². The highest BCUT2D eigenvalue weighted by Crippen LogP contribution is 2.48. The first-order valence-electron chi connectivity index (χ1n) is 12.3. The molecule has 1 fully saturated rings. The van der Waals surface area contributed by atoms with Gasteiger partial charge in [-0.3, -0.25) is 14.5 Å². The molecule has 1 aromatic heterocycles. The van der Waals surface area contributed by atoms with Crippen molar-refractivity contribution in [2.75, 3.05) is 26.2 Å². The molecule has 1 N–H and O–H groups in total. The van der Waals surface area contributed by atoms with Gasteiger partial charge in [0.25, 0.3) is 5.78 Å². The Hall–Kier alpha value is -3.58. The molecule has 4 aromatic rings. The van der Waals surface area contributed by atoms with Crippen LogP contribution in [0.2, 0.25) is 5.02 Å². The molecule has 1 saturated heterocycles. The van der Waals surface area contributed by atoms with Crippen LogP contribution in [0.1, 0.15) is 22.7 Å². The molecule has 0 saturated carbocycles. The maximum atomic E-state index is 13.6. The number of ketones is 1. The standard InChI is InChI=1S/C29H23BrClN3O6S2/c1-38-20-12-17(13-21(39-2)26(20)40-3)23-22(24(35)16-6-8-18(30)9-7-16)25(36)27(37)34(23)28-32-33-29(42-28)41-14-15-4-10-19(31)11-5-15/h4-13,23,35H,14H2,1-3H3/b24-22-. The Balaban J connectivity index is 1.61. The number of carbonyl (C=O) groups is 2. The van der Waals surface area contributed by atoms with E-state index in [0.29, 0.717) is 43.5 Å². The summed E-state index contributed by atoms with van der Waals surface area (Å²) in [6.07, 6.45) is 0. The zero-order valence-electron chi connectivity index (χ0n) is 22.5. The smallest absolute Gasteiger partial charge is 0.301 e. The number of carbonyl (C=O) groups excluding carboxylic acids is 2. The minimum atomic E-state index is -1.07. The molecule has 216 valence electrons. The summed E-state index contributed by atoms with van der Waals surface area (Å²) in [6, 6.07) is 16.4. The van der Waals surface area contributed by atoms with Crippen LogP contribution in [0.4, 0.5) is 5.13 Å². The van der Waals surface area contributed by atoms with E-state index in [-0.39, 0.29) is 16.5 Å². The van der Waals surface area contributed by atoms with Gasteiger partial charge in [-0.05, 0) is 47.5 Å². The molecule has 2 heterocycles. The first kappa shape index (κ1) is 29.9. The normalized spacial score (nSPS) is 16.1. The third kappa shape index (κ3) is 5.84. The van der Waals surface area contributed by atoms with Crippen LogP contribution in [-0.4, -0.2) is 48.3 Å². The summed E-state index contributed by atoms with van der Waals surface area (Å²) >= 11 is 12.0. The van der Waals surface area contributed by atoms with Gasteiger partial charge >= 0.3 is 5.91 Å². The van der Waals surface area contributed by atoms with E-state index in [1.165, 1.54) is 49.3 Å². The summed E-state index contributed by atoms with van der Waals surface area (Å²) < 4.78 is 17.9. The van der Waals surface area contributed by atoms with Crippen molar-refractivity contribution >= 4 is 73.2 Å². The Bertz CT molecular complexity index is 1650. The number of rotatable bonds is 9. The third-order valence-corrected chi connectivity index (χ3v) is 9.35. The second kappa shape index (κ2) is 12.7. The highest BCUT2D eigenvalue weighted by atomic mass is 79.9. The number of hydrogen-bond donors (Lipinski definition) is 1. The molecular formula is C29H23BrClN3O6S2. The van der Waals surface area contributed by atoms with E-state index in [9.17, 15) is 14.7 Å². The molecule has 42 heavy (non-hydrogen) atoms. The van der Waals surface area contributed by atoms with E-state index >= 15 is 0 Å². The van der Waals surface area contributed by atoms with Crippen molar-refractivity contribution in [3.63, 3.8) is 0 Å². The van der Waals surface area contributed by atoms with Gasteiger partial charge in [-0.15, -0.1) is 10.2 Å². The number of halogens is 2. The van der Waals surface area contributed by atoms with E-state index in [0.717, 1.165) is 10.0 Å². The number of hydrogen-bond acceptors (Lipinski definition) is 10. The fraction of sp³-hybridized carbons (Fsp3) is 0.172. The van der Waals surface area contributed by atoms with Crippen LogP contribution < -0.4 is 19.1 Å². The number of aliphatic hydroxyl groups is 1. The maximum Gasteiger partial charge on any atom is 0.301 e. The summed E-state index contributed by atoms with van der Waals surface area (Å²) in [5.41, 5.74) is 1.73. The molecule has 1 aliphatic heterocycles. The number of nitrogens with zero attached hydrogens (tertiary/aromatic N) is 3. The molecule has 1 amide bonds. The van der Waals surface area contributed by atoms with E-state index in [4.69, 9.17) is 25.8 Å². The van der Waals surface area contributed by atoms with Gasteiger partial charge < -0.3 is 19.3 Å². The average molecular weight is 689 g/mol. The number of amides is 1. The quantitative estimate of drug-likeness (QED) is 0.0660. The third-order valence-electron chi connectivity index (χ3n) is 6.44. The lowest BCUT2D eigenvalue weighted by Gasteiger charge is -2.24. The van der Waals surface area contributed by atoms with Crippen LogP contribution in [0.25, 0.3) is 5.76 Å². The summed E-state index contributed by atoms with van der Waals surface area (Å²) in [4.78, 5) is 28.4. The van der Waals surface area contributed by atoms with Crippen LogP contribution in [0.5, 0.6) is 17.2 Å². The molecule has 0 radical (unpaired) electrons. The fourth-order valence-electron chi connectivity index (χ4n) is 4.45. The van der Waals surface area contributed by atoms with Crippen LogP contribution in [-0.2, 0) is 15.3 Å². The van der Waals surface area contributed by atoms with E-state index in [1.807, 2.05) is 24.3 Å². The second-order valence-corrected chi connectivity index (χ2v) is 12.4. The van der Waals surface area contributed by atoms with Gasteiger partial charge in [0, 0.05) is 20.8 Å². The SMILES string of the molecule is COc1cc(C2/C(=C(/O)c3ccc(Br)cc3)C(=O)C(=O)N2c2nnc(SCc3ccc(Cl)cc3)s2)cc(OC)c1OC. The predicted octanol–water partition coefficient (Wildman–Crippen LogP) is 6.90. The number of thioether (sulfide) groups is 1. The molecule has 9 nitrogen and oxygen atoms in total. The first-order valence-corrected chi connectivity index (χ1v) is 15.3. The molecule has 5 rings (SSSR count). The fourth-order valence-corrected chi connectivity index (χ4v) is 6.67. The minimum absolute atomic E-state index is 0.109. The summed E-state index contributed by atoms with van der Waals surface area (Å²) in [6.45, 7) is 0. The Morgan fingerprint density at radius 2 is 1.64 bits per heavy atom. The monoisotopic (exact) mass is 687 g/mol. The van der Waals surface area contributed by atoms with Crippen LogP contribution in [0.3, 0.4) is 0 Å². The number of methoxy groups -OCH3 is 3. The zero-order valence-corrected chi connectivity index (χ0v) is 26.4.